The molecule has 118 valence electrons. The Morgan fingerprint density at radius 3 is 2.24 bits per heavy atom. The van der Waals surface area contributed by atoms with Crippen LogP contribution in [0.15, 0.2) is 30.3 Å². The van der Waals surface area contributed by atoms with E-state index in [4.69, 9.17) is 14.6 Å². The highest BCUT2D eigenvalue weighted by atomic mass is 16.7. The monoisotopic (exact) mass is 295 g/mol. The van der Waals surface area contributed by atoms with E-state index in [-0.39, 0.29) is 12.5 Å². The third-order valence-corrected chi connectivity index (χ3v) is 3.15. The molecule has 0 heterocycles. The third-order valence-electron chi connectivity index (χ3n) is 3.15. The van der Waals surface area contributed by atoms with Crippen molar-refractivity contribution >= 4 is 5.97 Å². The largest absolute Gasteiger partial charge is 0.481 e. The number of carboxylic acids is 1. The highest BCUT2D eigenvalue weighted by Gasteiger charge is 2.26. The molecule has 0 saturated carbocycles. The van der Waals surface area contributed by atoms with E-state index in [1.54, 1.807) is 0 Å². The van der Waals surface area contributed by atoms with Gasteiger partial charge >= 0.3 is 5.97 Å². The Bertz CT molecular complexity index is 404. The first-order valence-corrected chi connectivity index (χ1v) is 7.34. The van der Waals surface area contributed by atoms with E-state index in [1.807, 2.05) is 51.1 Å². The quantitative estimate of drug-likeness (QED) is 0.649. The van der Waals surface area contributed by atoms with E-state index >= 15 is 0 Å². The number of ether oxygens (including phenoxy) is 2. The molecule has 0 radical (unpaired) electrons. The number of carbonyl (C=O) groups is 1. The Morgan fingerprint density at radius 1 is 1.19 bits per heavy atom. The van der Waals surface area contributed by atoms with Crippen LogP contribution in [0.25, 0.3) is 0 Å². The maximum atomic E-state index is 11.1. The lowest BCUT2D eigenvalue weighted by molar-refractivity contribution is -0.164. The summed E-state index contributed by atoms with van der Waals surface area (Å²) < 4.78 is 11.1. The zero-order valence-corrected chi connectivity index (χ0v) is 12.9. The Kier molecular flexibility index (Phi) is 7.97. The first-order valence-electron chi connectivity index (χ1n) is 7.34. The summed E-state index contributed by atoms with van der Waals surface area (Å²) in [7, 11) is 0. The van der Waals surface area contributed by atoms with Crippen molar-refractivity contribution in [2.75, 3.05) is 13.2 Å². The van der Waals surface area contributed by atoms with Gasteiger partial charge in [-0.2, -0.15) is 0 Å². The molecule has 0 aliphatic heterocycles. The maximum absolute atomic E-state index is 11.1. The maximum Gasteiger partial charge on any atom is 0.305 e. The Hall–Kier alpha value is -1.43. The second-order valence-corrected chi connectivity index (χ2v) is 4.78. The Morgan fingerprint density at radius 2 is 1.76 bits per heavy atom. The SMILES string of the molecule is CCOC(OCC)[C@H](CC(=O)O)N[C@H](C)c1ccccc1. The summed E-state index contributed by atoms with van der Waals surface area (Å²) in [5.74, 6) is -0.878. The number of nitrogens with one attached hydrogen (secondary N) is 1. The van der Waals surface area contributed by atoms with Crippen LogP contribution < -0.4 is 5.32 Å². The number of hydrogen-bond donors (Lipinski definition) is 2. The van der Waals surface area contributed by atoms with Crippen LogP contribution in [0.5, 0.6) is 0 Å². The summed E-state index contributed by atoms with van der Waals surface area (Å²) in [6, 6.07) is 9.49. The van der Waals surface area contributed by atoms with Crippen LogP contribution in [0.3, 0.4) is 0 Å². The van der Waals surface area contributed by atoms with Crippen LogP contribution in [0, 0.1) is 0 Å². The second kappa shape index (κ2) is 9.50. The van der Waals surface area contributed by atoms with E-state index < -0.39 is 18.3 Å². The first-order chi connectivity index (χ1) is 10.1. The topological polar surface area (TPSA) is 67.8 Å². The van der Waals surface area contributed by atoms with Gasteiger partial charge in [0, 0.05) is 19.3 Å². The smallest absolute Gasteiger partial charge is 0.305 e. The van der Waals surface area contributed by atoms with Crippen LogP contribution in [-0.2, 0) is 14.3 Å². The average molecular weight is 295 g/mol. The zero-order valence-electron chi connectivity index (χ0n) is 12.9. The molecule has 0 unspecified atom stereocenters. The van der Waals surface area contributed by atoms with Gasteiger partial charge in [0.25, 0.3) is 0 Å². The summed E-state index contributed by atoms with van der Waals surface area (Å²) in [6.07, 6.45) is -0.621. The van der Waals surface area contributed by atoms with E-state index in [1.165, 1.54) is 0 Å². The van der Waals surface area contributed by atoms with Gasteiger partial charge in [-0.15, -0.1) is 0 Å². The van der Waals surface area contributed by atoms with Gasteiger partial charge in [-0.25, -0.2) is 0 Å². The lowest BCUT2D eigenvalue weighted by Crippen LogP contribution is -2.45. The molecule has 0 aliphatic rings. The van der Waals surface area contributed by atoms with Crippen LogP contribution >= 0.6 is 0 Å². The highest BCUT2D eigenvalue weighted by molar-refractivity contribution is 5.67. The second-order valence-electron chi connectivity index (χ2n) is 4.78. The van der Waals surface area contributed by atoms with Crippen molar-refractivity contribution in [3.05, 3.63) is 35.9 Å². The molecule has 1 aromatic rings. The van der Waals surface area contributed by atoms with Gasteiger partial charge in [0.15, 0.2) is 6.29 Å². The minimum Gasteiger partial charge on any atom is -0.481 e. The van der Waals surface area contributed by atoms with Gasteiger partial charge in [-0.3, -0.25) is 4.79 Å². The number of rotatable bonds is 10. The zero-order chi connectivity index (χ0) is 15.7. The predicted molar refractivity (Wildman–Crippen MR) is 81.1 cm³/mol. The molecule has 21 heavy (non-hydrogen) atoms. The fourth-order valence-corrected chi connectivity index (χ4v) is 2.19. The summed E-state index contributed by atoms with van der Waals surface area (Å²) in [6.45, 7) is 6.68. The van der Waals surface area contributed by atoms with Crippen LogP contribution in [-0.4, -0.2) is 36.6 Å². The van der Waals surface area contributed by atoms with Gasteiger partial charge in [-0.05, 0) is 26.3 Å². The summed E-state index contributed by atoms with van der Waals surface area (Å²) in [5, 5.41) is 12.4. The standard InChI is InChI=1S/C16H25NO4/c1-4-20-16(21-5-2)14(11-15(18)19)17-12(3)13-9-7-6-8-10-13/h6-10,12,14,16-17H,4-5,11H2,1-3H3,(H,18,19)/t12-,14+/m1/s1. The Labute approximate surface area is 126 Å². The average Bonchev–Trinajstić information content (AvgIpc) is 2.46. The molecule has 0 bridgehead atoms. The fourth-order valence-electron chi connectivity index (χ4n) is 2.19. The molecule has 5 heteroatoms. The summed E-state index contributed by atoms with van der Waals surface area (Å²) >= 11 is 0. The van der Waals surface area contributed by atoms with E-state index in [2.05, 4.69) is 5.32 Å². The third kappa shape index (κ3) is 6.25. The lowest BCUT2D eigenvalue weighted by atomic mass is 10.1. The fraction of sp³-hybridized carbons (Fsp3) is 0.562. The molecule has 0 fully saturated rings. The lowest BCUT2D eigenvalue weighted by Gasteiger charge is -2.29. The van der Waals surface area contributed by atoms with Crippen LogP contribution in [0.1, 0.15) is 38.8 Å². The molecule has 0 saturated heterocycles. The van der Waals surface area contributed by atoms with Crippen LogP contribution in [0.2, 0.25) is 0 Å². The molecule has 2 atom stereocenters. The van der Waals surface area contributed by atoms with Crippen molar-refractivity contribution in [2.45, 2.75) is 45.6 Å². The highest BCUT2D eigenvalue weighted by Crippen LogP contribution is 2.16. The molecule has 0 aromatic heterocycles. The molecule has 5 nitrogen and oxygen atoms in total. The predicted octanol–water partition coefficient (Wildman–Crippen LogP) is 2.58. The number of aliphatic carboxylic acids is 1. The summed E-state index contributed by atoms with van der Waals surface area (Å²) in [4.78, 5) is 11.1. The van der Waals surface area contributed by atoms with Crippen molar-refractivity contribution in [2.24, 2.45) is 0 Å². The molecular weight excluding hydrogens is 270 g/mol. The van der Waals surface area contributed by atoms with Gasteiger partial charge in [0.2, 0.25) is 0 Å². The number of benzene rings is 1. The van der Waals surface area contributed by atoms with Crippen molar-refractivity contribution in [1.82, 2.24) is 5.32 Å². The van der Waals surface area contributed by atoms with Crippen molar-refractivity contribution in [1.29, 1.82) is 0 Å². The molecule has 1 rings (SSSR count). The number of carboxylic acid groups (broad SMARTS) is 1. The van der Waals surface area contributed by atoms with Gasteiger partial charge in [0.05, 0.1) is 12.5 Å². The Balaban J connectivity index is 2.78. The molecule has 2 N–H and O–H groups in total. The normalized spacial score (nSPS) is 14.1. The number of hydrogen-bond acceptors (Lipinski definition) is 4. The molecule has 0 aliphatic carbocycles. The molecule has 0 amide bonds. The van der Waals surface area contributed by atoms with E-state index in [9.17, 15) is 4.79 Å². The van der Waals surface area contributed by atoms with Crippen molar-refractivity contribution in [3.63, 3.8) is 0 Å². The van der Waals surface area contributed by atoms with Gasteiger partial charge < -0.3 is 19.9 Å². The molecular formula is C16H25NO4. The molecule has 1 aromatic carbocycles. The van der Waals surface area contributed by atoms with Crippen molar-refractivity contribution in [3.8, 4) is 0 Å². The minimum absolute atomic E-state index is 0.0129. The van der Waals surface area contributed by atoms with E-state index in [0.717, 1.165) is 5.56 Å². The van der Waals surface area contributed by atoms with Crippen LogP contribution in [0.4, 0.5) is 0 Å². The first kappa shape index (κ1) is 17.6. The minimum atomic E-state index is -0.878. The van der Waals surface area contributed by atoms with Gasteiger partial charge in [0.1, 0.15) is 0 Å². The summed E-state index contributed by atoms with van der Waals surface area (Å²) in [5.41, 5.74) is 1.10. The van der Waals surface area contributed by atoms with Crippen molar-refractivity contribution < 1.29 is 19.4 Å². The molecule has 0 spiro atoms. The van der Waals surface area contributed by atoms with E-state index in [0.29, 0.717) is 13.2 Å². The van der Waals surface area contributed by atoms with Gasteiger partial charge in [-0.1, -0.05) is 30.3 Å².